The minimum absolute atomic E-state index is 0.00827. The average Bonchev–Trinajstić information content (AvgIpc) is 2.54. The zero-order valence-corrected chi connectivity index (χ0v) is 16.3. The van der Waals surface area contributed by atoms with Crippen molar-refractivity contribution in [1.82, 2.24) is 4.31 Å². The number of anilines is 1. The first kappa shape index (κ1) is 20.3. The Morgan fingerprint density at radius 3 is 1.92 bits per heavy atom. The minimum atomic E-state index is -4.16. The van der Waals surface area contributed by atoms with E-state index >= 15 is 0 Å². The molecule has 3 N–H and O–H groups in total. The van der Waals surface area contributed by atoms with E-state index in [1.165, 1.54) is 50.5 Å². The van der Waals surface area contributed by atoms with Gasteiger partial charge in [-0.25, -0.2) is 34.7 Å². The molecule has 0 aliphatic rings. The second-order valence-corrected chi connectivity index (χ2v) is 10.8. The molecule has 0 amide bonds. The number of sulfonamides is 3. The summed E-state index contributed by atoms with van der Waals surface area (Å²) in [6, 6.07) is 9.76. The summed E-state index contributed by atoms with van der Waals surface area (Å²) in [5.41, 5.74) is 0.00827. The van der Waals surface area contributed by atoms with Gasteiger partial charge in [-0.05, 0) is 36.4 Å². The van der Waals surface area contributed by atoms with Crippen LogP contribution in [0.15, 0.2) is 63.2 Å². The maximum atomic E-state index is 12.5. The molecule has 0 spiro atoms. The van der Waals surface area contributed by atoms with E-state index in [2.05, 4.69) is 4.72 Å². The fourth-order valence-electron chi connectivity index (χ4n) is 1.96. The highest BCUT2D eigenvalue weighted by atomic mass is 32.2. The van der Waals surface area contributed by atoms with Gasteiger partial charge in [0.2, 0.25) is 20.0 Å². The molecule has 2 aromatic rings. The van der Waals surface area contributed by atoms with Crippen molar-refractivity contribution in [2.45, 2.75) is 14.7 Å². The number of hydrogen-bond acceptors (Lipinski definition) is 6. The molecule has 0 aliphatic heterocycles. The van der Waals surface area contributed by atoms with Crippen molar-refractivity contribution < 1.29 is 25.3 Å². The fraction of sp³-hybridized carbons (Fsp3) is 0.143. The molecule has 0 saturated carbocycles. The van der Waals surface area contributed by atoms with Gasteiger partial charge in [0.1, 0.15) is 0 Å². The molecule has 26 heavy (non-hydrogen) atoms. The van der Waals surface area contributed by atoms with E-state index in [0.29, 0.717) is 0 Å². The van der Waals surface area contributed by atoms with Crippen LogP contribution in [0, 0.1) is 0 Å². The van der Waals surface area contributed by atoms with Gasteiger partial charge in [-0.3, -0.25) is 4.72 Å². The third-order valence-electron chi connectivity index (χ3n) is 3.31. The summed E-state index contributed by atoms with van der Waals surface area (Å²) in [6.45, 7) is 0. The Hall–Kier alpha value is -1.99. The summed E-state index contributed by atoms with van der Waals surface area (Å²) in [7, 11) is -9.27. The van der Waals surface area contributed by atoms with Crippen LogP contribution in [0.4, 0.5) is 5.69 Å². The van der Waals surface area contributed by atoms with Crippen molar-refractivity contribution in [1.29, 1.82) is 0 Å². The predicted molar refractivity (Wildman–Crippen MR) is 95.9 cm³/mol. The zero-order valence-electron chi connectivity index (χ0n) is 13.8. The number of benzene rings is 2. The maximum Gasteiger partial charge on any atom is 0.261 e. The normalized spacial score (nSPS) is 12.9. The smallest absolute Gasteiger partial charge is 0.261 e. The van der Waals surface area contributed by atoms with Crippen molar-refractivity contribution in [2.75, 3.05) is 18.8 Å². The van der Waals surface area contributed by atoms with Gasteiger partial charge in [-0.1, -0.05) is 12.1 Å². The molecule has 9 nitrogen and oxygen atoms in total. The van der Waals surface area contributed by atoms with Crippen LogP contribution in [0.2, 0.25) is 0 Å². The van der Waals surface area contributed by atoms with Gasteiger partial charge in [-0.15, -0.1) is 0 Å². The summed E-state index contributed by atoms with van der Waals surface area (Å²) in [6.07, 6.45) is 0. The van der Waals surface area contributed by atoms with Crippen LogP contribution in [0.25, 0.3) is 0 Å². The first-order valence-corrected chi connectivity index (χ1v) is 11.5. The molecule has 2 aromatic carbocycles. The monoisotopic (exact) mass is 419 g/mol. The Balaban J connectivity index is 2.43. The van der Waals surface area contributed by atoms with Crippen molar-refractivity contribution in [2.24, 2.45) is 5.14 Å². The quantitative estimate of drug-likeness (QED) is 0.693. The lowest BCUT2D eigenvalue weighted by Crippen LogP contribution is -2.22. The zero-order chi connectivity index (χ0) is 19.8. The number of nitrogens with zero attached hydrogens (tertiary/aromatic N) is 1. The van der Waals surface area contributed by atoms with E-state index in [-0.39, 0.29) is 20.4 Å². The molecular formula is C14H17N3O6S3. The van der Waals surface area contributed by atoms with Crippen LogP contribution in [0.1, 0.15) is 0 Å². The highest BCUT2D eigenvalue weighted by Crippen LogP contribution is 2.22. The third-order valence-corrected chi connectivity index (χ3v) is 7.41. The van der Waals surface area contributed by atoms with Crippen molar-refractivity contribution in [3.05, 3.63) is 48.5 Å². The van der Waals surface area contributed by atoms with E-state index in [9.17, 15) is 25.3 Å². The van der Waals surface area contributed by atoms with Crippen LogP contribution in [-0.4, -0.2) is 43.7 Å². The Labute approximate surface area is 152 Å². The van der Waals surface area contributed by atoms with E-state index < -0.39 is 30.1 Å². The lowest BCUT2D eigenvalue weighted by atomic mass is 10.3. The van der Waals surface area contributed by atoms with Crippen LogP contribution in [-0.2, 0) is 30.1 Å². The summed E-state index contributed by atoms with van der Waals surface area (Å²) >= 11 is 0. The lowest BCUT2D eigenvalue weighted by Gasteiger charge is -2.13. The van der Waals surface area contributed by atoms with E-state index in [1.807, 2.05) is 0 Å². The molecular weight excluding hydrogens is 402 g/mol. The van der Waals surface area contributed by atoms with Crippen LogP contribution in [0.3, 0.4) is 0 Å². The van der Waals surface area contributed by atoms with Crippen LogP contribution < -0.4 is 9.86 Å². The van der Waals surface area contributed by atoms with E-state index in [0.717, 1.165) is 16.4 Å². The van der Waals surface area contributed by atoms with E-state index in [1.54, 1.807) is 0 Å². The van der Waals surface area contributed by atoms with Gasteiger partial charge >= 0.3 is 0 Å². The standard InChI is InChI=1S/C14H17N3O6S3/c1-17(2)26(22,23)14-8-3-5-11(9-14)16-25(20,21)13-7-4-6-12(10-13)24(15,18)19/h3-10,16H,1-2H3,(H2,15,18,19). The SMILES string of the molecule is CN(C)S(=O)(=O)c1cccc(NS(=O)(=O)c2cccc(S(N)(=O)=O)c2)c1. The number of hydrogen-bond donors (Lipinski definition) is 2. The molecule has 0 radical (unpaired) electrons. The molecule has 0 bridgehead atoms. The van der Waals surface area contributed by atoms with Gasteiger partial charge in [0.15, 0.2) is 0 Å². The topological polar surface area (TPSA) is 144 Å². The highest BCUT2D eigenvalue weighted by molar-refractivity contribution is 7.93. The predicted octanol–water partition coefficient (Wildman–Crippen LogP) is 0.385. The number of nitrogens with one attached hydrogen (secondary N) is 1. The molecule has 0 aromatic heterocycles. The van der Waals surface area contributed by atoms with Gasteiger partial charge < -0.3 is 0 Å². The molecule has 0 fully saturated rings. The lowest BCUT2D eigenvalue weighted by molar-refractivity contribution is 0.520. The van der Waals surface area contributed by atoms with Gasteiger partial charge in [0.05, 0.1) is 20.4 Å². The molecule has 0 unspecified atom stereocenters. The minimum Gasteiger partial charge on any atom is -0.280 e. The summed E-state index contributed by atoms with van der Waals surface area (Å²) in [5, 5.41) is 5.00. The molecule has 142 valence electrons. The summed E-state index contributed by atoms with van der Waals surface area (Å²) in [5.74, 6) is 0. The molecule has 0 aliphatic carbocycles. The number of nitrogens with two attached hydrogens (primary N) is 1. The second kappa shape index (κ2) is 6.96. The second-order valence-electron chi connectivity index (χ2n) is 5.44. The van der Waals surface area contributed by atoms with Gasteiger partial charge in [-0.2, -0.15) is 0 Å². The summed E-state index contributed by atoms with van der Waals surface area (Å²) in [4.78, 5) is -0.782. The van der Waals surface area contributed by atoms with Crippen molar-refractivity contribution >= 4 is 35.8 Å². The van der Waals surface area contributed by atoms with Crippen molar-refractivity contribution in [3.63, 3.8) is 0 Å². The first-order chi connectivity index (χ1) is 11.8. The molecule has 0 atom stereocenters. The Morgan fingerprint density at radius 1 is 0.808 bits per heavy atom. The molecule has 0 saturated heterocycles. The molecule has 12 heteroatoms. The van der Waals surface area contributed by atoms with E-state index in [4.69, 9.17) is 5.14 Å². The summed E-state index contributed by atoms with van der Waals surface area (Å²) < 4.78 is 75.2. The number of rotatable bonds is 6. The third kappa shape index (κ3) is 4.40. The largest absolute Gasteiger partial charge is 0.280 e. The van der Waals surface area contributed by atoms with Crippen LogP contribution in [0.5, 0.6) is 0 Å². The molecule has 2 rings (SSSR count). The molecule has 0 heterocycles. The highest BCUT2D eigenvalue weighted by Gasteiger charge is 2.20. The maximum absolute atomic E-state index is 12.5. The Morgan fingerprint density at radius 2 is 1.35 bits per heavy atom. The number of primary sulfonamides is 1. The Kier molecular flexibility index (Phi) is 5.44. The first-order valence-electron chi connectivity index (χ1n) is 7.02. The van der Waals surface area contributed by atoms with Gasteiger partial charge in [0, 0.05) is 14.1 Å². The van der Waals surface area contributed by atoms with Crippen molar-refractivity contribution in [3.8, 4) is 0 Å². The van der Waals surface area contributed by atoms with Gasteiger partial charge in [0.25, 0.3) is 10.0 Å². The fourth-order valence-corrected chi connectivity index (χ4v) is 4.64. The Bertz CT molecular complexity index is 1140. The average molecular weight is 420 g/mol. The van der Waals surface area contributed by atoms with Crippen LogP contribution >= 0.6 is 0 Å².